The second-order valence-electron chi connectivity index (χ2n) is 5.52. The molecule has 1 unspecified atom stereocenters. The minimum Gasteiger partial charge on any atom is -0.329 e. The van der Waals surface area contributed by atoms with Crippen molar-refractivity contribution in [2.24, 2.45) is 11.7 Å². The summed E-state index contributed by atoms with van der Waals surface area (Å²) in [6.07, 6.45) is 5.39. The molecule has 1 aliphatic carbocycles. The topological polar surface area (TPSA) is 75.4 Å². The Kier molecular flexibility index (Phi) is 6.04. The Hall–Kier alpha value is -0.170. The van der Waals surface area contributed by atoms with Gasteiger partial charge in [0.1, 0.15) is 0 Å². The van der Waals surface area contributed by atoms with Crippen molar-refractivity contribution in [1.29, 1.82) is 0 Å². The van der Waals surface area contributed by atoms with Crippen molar-refractivity contribution in [3.05, 3.63) is 0 Å². The Morgan fingerprint density at radius 2 is 1.83 bits per heavy atom. The number of nitrogens with zero attached hydrogens (tertiary/aromatic N) is 1. The maximum Gasteiger partial charge on any atom is 0.279 e. The van der Waals surface area contributed by atoms with Gasteiger partial charge in [-0.15, -0.1) is 0 Å². The molecule has 0 amide bonds. The van der Waals surface area contributed by atoms with Crippen molar-refractivity contribution in [3.8, 4) is 0 Å². The van der Waals surface area contributed by atoms with Gasteiger partial charge < -0.3 is 5.73 Å². The Bertz CT molecular complexity index is 337. The van der Waals surface area contributed by atoms with E-state index < -0.39 is 10.2 Å². The second-order valence-corrected chi connectivity index (χ2v) is 7.28. The van der Waals surface area contributed by atoms with Crippen molar-refractivity contribution in [2.75, 3.05) is 13.6 Å². The Morgan fingerprint density at radius 1 is 1.28 bits per heavy atom. The van der Waals surface area contributed by atoms with Gasteiger partial charge >= 0.3 is 0 Å². The highest BCUT2D eigenvalue weighted by molar-refractivity contribution is 7.87. The Balaban J connectivity index is 2.66. The summed E-state index contributed by atoms with van der Waals surface area (Å²) < 4.78 is 28.7. The molecule has 6 heteroatoms. The number of rotatable bonds is 6. The number of hydrogen-bond acceptors (Lipinski definition) is 3. The predicted octanol–water partition coefficient (Wildman–Crippen LogP) is 1.07. The van der Waals surface area contributed by atoms with Crippen LogP contribution in [0.25, 0.3) is 0 Å². The zero-order valence-corrected chi connectivity index (χ0v) is 12.5. The van der Waals surface area contributed by atoms with E-state index >= 15 is 0 Å². The predicted molar refractivity (Wildman–Crippen MR) is 74.4 cm³/mol. The van der Waals surface area contributed by atoms with Gasteiger partial charge in [0, 0.05) is 25.7 Å². The van der Waals surface area contributed by atoms with E-state index in [1.165, 1.54) is 10.7 Å². The monoisotopic (exact) mass is 277 g/mol. The molecule has 18 heavy (non-hydrogen) atoms. The molecular formula is C12H27N3O2S. The van der Waals surface area contributed by atoms with Crippen molar-refractivity contribution in [1.82, 2.24) is 9.03 Å². The third-order valence-electron chi connectivity index (χ3n) is 3.83. The van der Waals surface area contributed by atoms with E-state index in [0.29, 0.717) is 6.54 Å². The summed E-state index contributed by atoms with van der Waals surface area (Å²) in [5.74, 6) is 0.199. The van der Waals surface area contributed by atoms with E-state index in [-0.39, 0.29) is 18.0 Å². The third-order valence-corrected chi connectivity index (χ3v) is 5.48. The molecule has 0 bridgehead atoms. The Morgan fingerprint density at radius 3 is 2.28 bits per heavy atom. The van der Waals surface area contributed by atoms with Crippen LogP contribution in [0.5, 0.6) is 0 Å². The molecule has 1 saturated carbocycles. The van der Waals surface area contributed by atoms with Crippen molar-refractivity contribution >= 4 is 10.2 Å². The van der Waals surface area contributed by atoms with Crippen LogP contribution >= 0.6 is 0 Å². The first-order valence-corrected chi connectivity index (χ1v) is 8.28. The van der Waals surface area contributed by atoms with Gasteiger partial charge in [0.05, 0.1) is 0 Å². The summed E-state index contributed by atoms with van der Waals surface area (Å²) in [6.45, 7) is 4.27. The van der Waals surface area contributed by atoms with Crippen LogP contribution in [-0.4, -0.2) is 38.4 Å². The number of hydrogen-bond donors (Lipinski definition) is 2. The van der Waals surface area contributed by atoms with Gasteiger partial charge in [-0.2, -0.15) is 17.4 Å². The highest BCUT2D eigenvalue weighted by atomic mass is 32.2. The minimum absolute atomic E-state index is 0.141. The average molecular weight is 277 g/mol. The lowest BCUT2D eigenvalue weighted by atomic mass is 9.96. The van der Waals surface area contributed by atoms with Gasteiger partial charge in [0.15, 0.2) is 0 Å². The highest BCUT2D eigenvalue weighted by Crippen LogP contribution is 2.23. The van der Waals surface area contributed by atoms with E-state index in [0.717, 1.165) is 25.7 Å². The summed E-state index contributed by atoms with van der Waals surface area (Å²) in [5, 5.41) is 0. The Labute approximate surface area is 111 Å². The fourth-order valence-corrected chi connectivity index (χ4v) is 3.89. The zero-order valence-electron chi connectivity index (χ0n) is 11.7. The molecule has 5 nitrogen and oxygen atoms in total. The molecule has 1 aliphatic rings. The summed E-state index contributed by atoms with van der Waals surface area (Å²) in [6, 6.07) is -0.0529. The third kappa shape index (κ3) is 4.19. The van der Waals surface area contributed by atoms with Gasteiger partial charge in [-0.25, -0.2) is 0 Å². The fraction of sp³-hybridized carbons (Fsp3) is 1.00. The smallest absolute Gasteiger partial charge is 0.279 e. The summed E-state index contributed by atoms with van der Waals surface area (Å²) in [4.78, 5) is 0. The van der Waals surface area contributed by atoms with Crippen LogP contribution < -0.4 is 10.5 Å². The molecule has 3 N–H and O–H groups in total. The van der Waals surface area contributed by atoms with Gasteiger partial charge in [0.2, 0.25) is 0 Å². The molecular weight excluding hydrogens is 250 g/mol. The highest BCUT2D eigenvalue weighted by Gasteiger charge is 2.29. The second kappa shape index (κ2) is 6.84. The van der Waals surface area contributed by atoms with Crippen LogP contribution in [0.1, 0.15) is 46.0 Å². The number of nitrogens with two attached hydrogens (primary N) is 1. The first kappa shape index (κ1) is 15.9. The van der Waals surface area contributed by atoms with Crippen LogP contribution in [0.15, 0.2) is 0 Å². The molecule has 0 saturated heterocycles. The molecule has 0 spiro atoms. The first-order chi connectivity index (χ1) is 8.38. The SMILES string of the molecule is CC(C)C(CN)NS(=O)(=O)N(C)C1CCCCC1. The molecule has 1 fully saturated rings. The van der Waals surface area contributed by atoms with E-state index in [1.54, 1.807) is 7.05 Å². The molecule has 0 aromatic carbocycles. The van der Waals surface area contributed by atoms with Crippen molar-refractivity contribution in [2.45, 2.75) is 58.0 Å². The van der Waals surface area contributed by atoms with Crippen molar-refractivity contribution in [3.63, 3.8) is 0 Å². The molecule has 0 radical (unpaired) electrons. The molecule has 1 rings (SSSR count). The van der Waals surface area contributed by atoms with Crippen molar-refractivity contribution < 1.29 is 8.42 Å². The molecule has 0 aromatic heterocycles. The summed E-state index contributed by atoms with van der Waals surface area (Å²) in [7, 11) is -1.74. The number of nitrogens with one attached hydrogen (secondary N) is 1. The van der Waals surface area contributed by atoms with Crippen LogP contribution in [-0.2, 0) is 10.2 Å². The van der Waals surface area contributed by atoms with E-state index in [1.807, 2.05) is 13.8 Å². The zero-order chi connectivity index (χ0) is 13.8. The van der Waals surface area contributed by atoms with Gasteiger partial charge in [-0.1, -0.05) is 33.1 Å². The largest absolute Gasteiger partial charge is 0.329 e. The standard InChI is InChI=1S/C12H27N3O2S/c1-10(2)12(9-13)14-18(16,17)15(3)11-7-5-4-6-8-11/h10-12,14H,4-9,13H2,1-3H3. The summed E-state index contributed by atoms with van der Waals surface area (Å²) >= 11 is 0. The fourth-order valence-electron chi connectivity index (χ4n) is 2.37. The quantitative estimate of drug-likeness (QED) is 0.762. The molecule has 0 aromatic rings. The lowest BCUT2D eigenvalue weighted by Gasteiger charge is -2.32. The first-order valence-electron chi connectivity index (χ1n) is 6.84. The van der Waals surface area contributed by atoms with Crippen LogP contribution in [0, 0.1) is 5.92 Å². The van der Waals surface area contributed by atoms with Gasteiger partial charge in [-0.05, 0) is 18.8 Å². The van der Waals surface area contributed by atoms with Crippen LogP contribution in [0.4, 0.5) is 0 Å². The average Bonchev–Trinajstić information content (AvgIpc) is 2.35. The lowest BCUT2D eigenvalue weighted by molar-refractivity contribution is 0.279. The van der Waals surface area contributed by atoms with E-state index in [9.17, 15) is 8.42 Å². The molecule has 0 heterocycles. The van der Waals surface area contributed by atoms with Crippen LogP contribution in [0.3, 0.4) is 0 Å². The van der Waals surface area contributed by atoms with E-state index in [2.05, 4.69) is 4.72 Å². The van der Waals surface area contributed by atoms with Gasteiger partial charge in [0.25, 0.3) is 10.2 Å². The normalized spacial score (nSPS) is 20.6. The summed E-state index contributed by atoms with van der Waals surface area (Å²) in [5.41, 5.74) is 5.61. The van der Waals surface area contributed by atoms with E-state index in [4.69, 9.17) is 5.73 Å². The molecule has 1 atom stereocenters. The lowest BCUT2D eigenvalue weighted by Crippen LogP contribution is -2.51. The van der Waals surface area contributed by atoms with Gasteiger partial charge in [-0.3, -0.25) is 0 Å². The maximum atomic E-state index is 12.3. The van der Waals surface area contributed by atoms with Crippen LogP contribution in [0.2, 0.25) is 0 Å². The molecule has 0 aliphatic heterocycles. The maximum absolute atomic E-state index is 12.3. The molecule has 108 valence electrons. The minimum atomic E-state index is -3.41.